The van der Waals surface area contributed by atoms with E-state index < -0.39 is 17.3 Å². The molecule has 0 amide bonds. The standard InChI is InChI=1S/C14H12FN3O2/c1-8-3-4-10(5-12(8)15)9(2)18-7-11(6-16)13(19)17-14(18)20/h3-5,7,9H,1-2H3,(H,17,19,20). The quantitative estimate of drug-likeness (QED) is 0.899. The Hall–Kier alpha value is -2.68. The molecule has 6 heteroatoms. The topological polar surface area (TPSA) is 78.7 Å². The number of rotatable bonds is 2. The van der Waals surface area contributed by atoms with Gasteiger partial charge in [0.2, 0.25) is 0 Å². The molecule has 0 fully saturated rings. The van der Waals surface area contributed by atoms with E-state index in [2.05, 4.69) is 4.98 Å². The lowest BCUT2D eigenvalue weighted by Crippen LogP contribution is -2.33. The second-order valence-corrected chi connectivity index (χ2v) is 4.51. The van der Waals surface area contributed by atoms with Crippen LogP contribution in [-0.2, 0) is 0 Å². The molecule has 0 radical (unpaired) electrons. The molecule has 0 aliphatic rings. The molecule has 1 heterocycles. The van der Waals surface area contributed by atoms with Crippen LogP contribution in [0.3, 0.4) is 0 Å². The zero-order chi connectivity index (χ0) is 14.9. The summed E-state index contributed by atoms with van der Waals surface area (Å²) in [6, 6.07) is 5.87. The summed E-state index contributed by atoms with van der Waals surface area (Å²) in [4.78, 5) is 25.2. The fourth-order valence-corrected chi connectivity index (χ4v) is 1.88. The molecule has 1 aromatic carbocycles. The summed E-state index contributed by atoms with van der Waals surface area (Å²) in [5.74, 6) is -0.368. The minimum Gasteiger partial charge on any atom is -0.292 e. The first-order chi connectivity index (χ1) is 9.43. The van der Waals surface area contributed by atoms with E-state index in [4.69, 9.17) is 5.26 Å². The summed E-state index contributed by atoms with van der Waals surface area (Å²) in [5, 5.41) is 8.82. The van der Waals surface area contributed by atoms with Crippen molar-refractivity contribution in [2.45, 2.75) is 19.9 Å². The van der Waals surface area contributed by atoms with E-state index in [1.165, 1.54) is 16.8 Å². The first-order valence-electron chi connectivity index (χ1n) is 5.95. The van der Waals surface area contributed by atoms with Crippen molar-refractivity contribution in [3.8, 4) is 6.07 Å². The Morgan fingerprint density at radius 3 is 2.70 bits per heavy atom. The highest BCUT2D eigenvalue weighted by Crippen LogP contribution is 2.18. The first kappa shape index (κ1) is 13.7. The lowest BCUT2D eigenvalue weighted by molar-refractivity contribution is 0.576. The number of hydrogen-bond acceptors (Lipinski definition) is 3. The van der Waals surface area contributed by atoms with Crippen LogP contribution in [0.2, 0.25) is 0 Å². The molecule has 102 valence electrons. The number of H-pyrrole nitrogens is 1. The van der Waals surface area contributed by atoms with Gasteiger partial charge in [-0.15, -0.1) is 0 Å². The molecule has 5 nitrogen and oxygen atoms in total. The number of nitrogens with zero attached hydrogens (tertiary/aromatic N) is 2. The molecular formula is C14H12FN3O2. The molecule has 0 saturated carbocycles. The van der Waals surface area contributed by atoms with Gasteiger partial charge in [-0.2, -0.15) is 5.26 Å². The third-order valence-electron chi connectivity index (χ3n) is 3.18. The second-order valence-electron chi connectivity index (χ2n) is 4.51. The van der Waals surface area contributed by atoms with Gasteiger partial charge in [0.25, 0.3) is 5.56 Å². The van der Waals surface area contributed by atoms with Crippen LogP contribution in [0.25, 0.3) is 0 Å². The maximum absolute atomic E-state index is 13.6. The van der Waals surface area contributed by atoms with Crippen LogP contribution in [0.5, 0.6) is 0 Å². The van der Waals surface area contributed by atoms with Gasteiger partial charge in [-0.25, -0.2) is 9.18 Å². The van der Waals surface area contributed by atoms with Gasteiger partial charge in [-0.1, -0.05) is 12.1 Å². The van der Waals surface area contributed by atoms with Crippen molar-refractivity contribution in [1.82, 2.24) is 9.55 Å². The lowest BCUT2D eigenvalue weighted by Gasteiger charge is -2.15. The van der Waals surface area contributed by atoms with Crippen LogP contribution in [0.1, 0.15) is 29.7 Å². The number of aryl methyl sites for hydroxylation is 1. The number of aromatic nitrogens is 2. The van der Waals surface area contributed by atoms with Crippen molar-refractivity contribution in [2.24, 2.45) is 0 Å². The molecule has 1 unspecified atom stereocenters. The summed E-state index contributed by atoms with van der Waals surface area (Å²) >= 11 is 0. The highest BCUT2D eigenvalue weighted by atomic mass is 19.1. The number of benzene rings is 1. The monoisotopic (exact) mass is 273 g/mol. The van der Waals surface area contributed by atoms with E-state index in [1.54, 1.807) is 32.0 Å². The molecule has 20 heavy (non-hydrogen) atoms. The second kappa shape index (κ2) is 5.13. The van der Waals surface area contributed by atoms with Gasteiger partial charge >= 0.3 is 5.69 Å². The summed E-state index contributed by atoms with van der Waals surface area (Å²) < 4.78 is 14.8. The van der Waals surface area contributed by atoms with Crippen LogP contribution >= 0.6 is 0 Å². The minimum atomic E-state index is -0.726. The van der Waals surface area contributed by atoms with E-state index in [9.17, 15) is 14.0 Å². The normalized spacial score (nSPS) is 11.9. The van der Waals surface area contributed by atoms with Gasteiger partial charge in [0.15, 0.2) is 0 Å². The molecule has 0 bridgehead atoms. The van der Waals surface area contributed by atoms with Crippen molar-refractivity contribution < 1.29 is 4.39 Å². The number of aromatic amines is 1. The average molecular weight is 273 g/mol. The number of nitriles is 1. The summed E-state index contributed by atoms with van der Waals surface area (Å²) in [6.07, 6.45) is 1.18. The van der Waals surface area contributed by atoms with Crippen molar-refractivity contribution >= 4 is 0 Å². The lowest BCUT2D eigenvalue weighted by atomic mass is 10.1. The summed E-state index contributed by atoms with van der Waals surface area (Å²) in [5.41, 5.74) is -0.443. The molecular weight excluding hydrogens is 261 g/mol. The Labute approximate surface area is 113 Å². The molecule has 0 saturated heterocycles. The molecule has 0 aliphatic carbocycles. The van der Waals surface area contributed by atoms with Gasteiger partial charge in [0, 0.05) is 6.20 Å². The van der Waals surface area contributed by atoms with E-state index >= 15 is 0 Å². The summed E-state index contributed by atoms with van der Waals surface area (Å²) in [7, 11) is 0. The van der Waals surface area contributed by atoms with E-state index in [0.717, 1.165) is 0 Å². The Bertz CT molecular complexity index is 814. The van der Waals surface area contributed by atoms with Crippen LogP contribution in [0.15, 0.2) is 34.0 Å². The Morgan fingerprint density at radius 2 is 2.10 bits per heavy atom. The van der Waals surface area contributed by atoms with Crippen molar-refractivity contribution in [3.63, 3.8) is 0 Å². The van der Waals surface area contributed by atoms with E-state index in [0.29, 0.717) is 11.1 Å². The van der Waals surface area contributed by atoms with Crippen molar-refractivity contribution in [1.29, 1.82) is 5.26 Å². The van der Waals surface area contributed by atoms with Gasteiger partial charge in [-0.3, -0.25) is 14.3 Å². The fraction of sp³-hybridized carbons (Fsp3) is 0.214. The van der Waals surface area contributed by atoms with Crippen LogP contribution in [0.4, 0.5) is 4.39 Å². The maximum atomic E-state index is 13.6. The van der Waals surface area contributed by atoms with Crippen LogP contribution in [0, 0.1) is 24.1 Å². The third-order valence-corrected chi connectivity index (χ3v) is 3.18. The first-order valence-corrected chi connectivity index (χ1v) is 5.95. The average Bonchev–Trinajstić information content (AvgIpc) is 2.41. The Morgan fingerprint density at radius 1 is 1.40 bits per heavy atom. The van der Waals surface area contributed by atoms with E-state index in [-0.39, 0.29) is 11.4 Å². The third kappa shape index (κ3) is 2.38. The molecule has 1 aromatic heterocycles. The van der Waals surface area contributed by atoms with Crippen LogP contribution < -0.4 is 11.2 Å². The Balaban J connectivity index is 2.56. The summed E-state index contributed by atoms with van der Waals surface area (Å²) in [6.45, 7) is 3.33. The maximum Gasteiger partial charge on any atom is 0.328 e. The molecule has 2 aromatic rings. The largest absolute Gasteiger partial charge is 0.328 e. The van der Waals surface area contributed by atoms with Crippen molar-refractivity contribution in [3.05, 3.63) is 67.7 Å². The van der Waals surface area contributed by atoms with Crippen molar-refractivity contribution in [2.75, 3.05) is 0 Å². The highest BCUT2D eigenvalue weighted by Gasteiger charge is 2.13. The predicted octanol–water partition coefficient (Wildman–Crippen LogP) is 1.47. The van der Waals surface area contributed by atoms with Gasteiger partial charge < -0.3 is 0 Å². The number of nitrogens with one attached hydrogen (secondary N) is 1. The van der Waals surface area contributed by atoms with E-state index in [1.807, 2.05) is 0 Å². The molecule has 1 N–H and O–H groups in total. The highest BCUT2D eigenvalue weighted by molar-refractivity contribution is 5.27. The van der Waals surface area contributed by atoms with Gasteiger partial charge in [0.05, 0.1) is 6.04 Å². The Kier molecular flexibility index (Phi) is 3.53. The zero-order valence-corrected chi connectivity index (χ0v) is 11.0. The fourth-order valence-electron chi connectivity index (χ4n) is 1.88. The van der Waals surface area contributed by atoms with Crippen LogP contribution in [-0.4, -0.2) is 9.55 Å². The SMILES string of the molecule is Cc1ccc(C(C)n2cc(C#N)c(=O)[nH]c2=O)cc1F. The minimum absolute atomic E-state index is 0.163. The molecule has 2 rings (SSSR count). The number of halogens is 1. The predicted molar refractivity (Wildman–Crippen MR) is 71.0 cm³/mol. The van der Waals surface area contributed by atoms with Gasteiger partial charge in [0.1, 0.15) is 17.4 Å². The smallest absolute Gasteiger partial charge is 0.292 e. The number of hydrogen-bond donors (Lipinski definition) is 1. The van der Waals surface area contributed by atoms with Gasteiger partial charge in [-0.05, 0) is 31.0 Å². The zero-order valence-electron chi connectivity index (χ0n) is 11.0. The molecule has 0 aliphatic heterocycles. The molecule has 0 spiro atoms. The molecule has 1 atom stereocenters.